The van der Waals surface area contributed by atoms with Gasteiger partial charge < -0.3 is 10.0 Å². The van der Waals surface area contributed by atoms with Crippen LogP contribution in [0.4, 0.5) is 22.0 Å². The summed E-state index contributed by atoms with van der Waals surface area (Å²) >= 11 is 6.09. The average Bonchev–Trinajstić information content (AvgIpc) is 3.09. The summed E-state index contributed by atoms with van der Waals surface area (Å²) < 4.78 is 70.8. The first-order valence-electron chi connectivity index (χ1n) is 13.6. The van der Waals surface area contributed by atoms with E-state index in [9.17, 15) is 27.5 Å². The number of rotatable bonds is 8. The standard InChI is InChI=1S/C32H29ClF5NO2/c33-27-7-2-6-26(30(27)32(36,37)38)25-5-1-4-20-15-23(31(40)41)10-11-24(20)29(25)22-9-8-21(28(35)16-22)14-19-17-39(18-19)13-3-12-34/h2,6-11,15-16,19H,1,3-5,12-14,17-18H2,(H,40,41). The number of carboxylic acid groups (broad SMARTS) is 1. The number of halogens is 6. The molecule has 2 aliphatic rings. The molecule has 0 saturated carbocycles. The lowest BCUT2D eigenvalue weighted by Gasteiger charge is -2.39. The normalized spacial score (nSPS) is 16.3. The number of aromatic carboxylic acids is 1. The van der Waals surface area contributed by atoms with Crippen LogP contribution in [0.2, 0.25) is 5.02 Å². The number of carboxylic acids is 1. The average molecular weight is 590 g/mol. The molecule has 216 valence electrons. The highest BCUT2D eigenvalue weighted by Gasteiger charge is 2.37. The number of likely N-dealkylation sites (tertiary alicyclic amines) is 1. The summed E-state index contributed by atoms with van der Waals surface area (Å²) in [6, 6.07) is 13.4. The zero-order chi connectivity index (χ0) is 29.3. The molecule has 0 amide bonds. The minimum absolute atomic E-state index is 0.0671. The van der Waals surface area contributed by atoms with E-state index in [0.717, 1.165) is 13.1 Å². The summed E-state index contributed by atoms with van der Waals surface area (Å²) in [6.07, 6.45) is -2.55. The van der Waals surface area contributed by atoms with Gasteiger partial charge in [0.05, 0.1) is 22.8 Å². The van der Waals surface area contributed by atoms with Crippen molar-refractivity contribution in [3.63, 3.8) is 0 Å². The highest BCUT2D eigenvalue weighted by molar-refractivity contribution is 6.31. The summed E-state index contributed by atoms with van der Waals surface area (Å²) in [4.78, 5) is 13.8. The Balaban J connectivity index is 1.61. The highest BCUT2D eigenvalue weighted by Crippen LogP contribution is 2.46. The summed E-state index contributed by atoms with van der Waals surface area (Å²) in [6.45, 7) is 1.85. The number of allylic oxidation sites excluding steroid dienone is 1. The molecule has 0 unspecified atom stereocenters. The number of carbonyl (C=O) groups is 1. The second-order valence-corrected chi connectivity index (χ2v) is 11.1. The van der Waals surface area contributed by atoms with Crippen LogP contribution < -0.4 is 0 Å². The molecule has 1 aliphatic heterocycles. The molecular formula is C32H29ClF5NO2. The van der Waals surface area contributed by atoms with Crippen LogP contribution in [-0.4, -0.2) is 42.3 Å². The predicted octanol–water partition coefficient (Wildman–Crippen LogP) is 8.33. The van der Waals surface area contributed by atoms with E-state index in [2.05, 4.69) is 4.90 Å². The van der Waals surface area contributed by atoms with Gasteiger partial charge >= 0.3 is 12.1 Å². The van der Waals surface area contributed by atoms with Crippen molar-refractivity contribution in [3.05, 3.63) is 104 Å². The van der Waals surface area contributed by atoms with Crippen LogP contribution in [0, 0.1) is 11.7 Å². The molecule has 0 radical (unpaired) electrons. The second kappa shape index (κ2) is 11.9. The molecular weight excluding hydrogens is 561 g/mol. The van der Waals surface area contributed by atoms with Crippen LogP contribution in [0.3, 0.4) is 0 Å². The highest BCUT2D eigenvalue weighted by atomic mass is 35.5. The van der Waals surface area contributed by atoms with Crippen molar-refractivity contribution >= 4 is 28.7 Å². The van der Waals surface area contributed by atoms with Gasteiger partial charge in [0, 0.05) is 19.6 Å². The smallest absolute Gasteiger partial charge is 0.418 e. The van der Waals surface area contributed by atoms with Gasteiger partial charge in [-0.2, -0.15) is 13.2 Å². The third-order valence-corrected chi connectivity index (χ3v) is 8.22. The number of aryl methyl sites for hydroxylation is 1. The monoisotopic (exact) mass is 589 g/mol. The molecule has 1 heterocycles. The molecule has 1 aliphatic carbocycles. The van der Waals surface area contributed by atoms with Crippen molar-refractivity contribution in [2.75, 3.05) is 26.3 Å². The lowest BCUT2D eigenvalue weighted by Crippen LogP contribution is -2.48. The van der Waals surface area contributed by atoms with Crippen LogP contribution in [0.5, 0.6) is 0 Å². The van der Waals surface area contributed by atoms with Gasteiger partial charge in [0.25, 0.3) is 0 Å². The van der Waals surface area contributed by atoms with Gasteiger partial charge in [-0.3, -0.25) is 4.39 Å². The Morgan fingerprint density at radius 1 is 1.02 bits per heavy atom. The Morgan fingerprint density at radius 3 is 2.49 bits per heavy atom. The number of fused-ring (bicyclic) bond motifs is 1. The molecule has 5 rings (SSSR count). The number of hydrogen-bond donors (Lipinski definition) is 1. The number of alkyl halides is 4. The molecule has 0 atom stereocenters. The van der Waals surface area contributed by atoms with Crippen LogP contribution in [0.25, 0.3) is 11.1 Å². The SMILES string of the molecule is O=C(O)c1ccc2c(c1)CCCC(c1cccc(Cl)c1C(F)(F)F)=C2c1ccc(CC2CN(CCCF)C2)c(F)c1. The van der Waals surface area contributed by atoms with E-state index in [0.29, 0.717) is 65.6 Å². The van der Waals surface area contributed by atoms with Gasteiger partial charge in [0.1, 0.15) is 5.82 Å². The Bertz CT molecular complexity index is 1490. The third kappa shape index (κ3) is 6.19. The molecule has 1 fully saturated rings. The molecule has 0 aromatic heterocycles. The fourth-order valence-electron chi connectivity index (χ4n) is 6.03. The van der Waals surface area contributed by atoms with Crippen LogP contribution >= 0.6 is 11.6 Å². The number of nitrogens with zero attached hydrogens (tertiary/aromatic N) is 1. The lowest BCUT2D eigenvalue weighted by atomic mass is 9.84. The molecule has 1 N–H and O–H groups in total. The minimum atomic E-state index is -4.72. The largest absolute Gasteiger partial charge is 0.478 e. The topological polar surface area (TPSA) is 40.5 Å². The van der Waals surface area contributed by atoms with Crippen molar-refractivity contribution in [2.45, 2.75) is 38.3 Å². The Hall–Kier alpha value is -3.23. The molecule has 41 heavy (non-hydrogen) atoms. The summed E-state index contributed by atoms with van der Waals surface area (Å²) in [7, 11) is 0. The number of hydrogen-bond acceptors (Lipinski definition) is 2. The van der Waals surface area contributed by atoms with Gasteiger partial charge in [-0.1, -0.05) is 41.9 Å². The van der Waals surface area contributed by atoms with E-state index in [1.165, 1.54) is 30.3 Å². The van der Waals surface area contributed by atoms with Crippen molar-refractivity contribution < 1.29 is 31.9 Å². The molecule has 9 heteroatoms. The van der Waals surface area contributed by atoms with Gasteiger partial charge in [0.15, 0.2) is 0 Å². The lowest BCUT2D eigenvalue weighted by molar-refractivity contribution is -0.137. The van der Waals surface area contributed by atoms with Crippen molar-refractivity contribution in [1.82, 2.24) is 4.90 Å². The Morgan fingerprint density at radius 2 is 1.80 bits per heavy atom. The molecule has 1 saturated heterocycles. The van der Waals surface area contributed by atoms with E-state index >= 15 is 4.39 Å². The van der Waals surface area contributed by atoms with Crippen molar-refractivity contribution in [1.29, 1.82) is 0 Å². The Kier molecular flexibility index (Phi) is 8.52. The summed E-state index contributed by atoms with van der Waals surface area (Å²) in [5.74, 6) is -1.31. The molecule has 0 spiro atoms. The maximum atomic E-state index is 15.6. The van der Waals surface area contributed by atoms with Crippen LogP contribution in [0.15, 0.2) is 54.6 Å². The van der Waals surface area contributed by atoms with Crippen molar-refractivity contribution in [2.24, 2.45) is 5.92 Å². The fourth-order valence-corrected chi connectivity index (χ4v) is 6.32. The minimum Gasteiger partial charge on any atom is -0.478 e. The quantitative estimate of drug-likeness (QED) is 0.269. The zero-order valence-electron chi connectivity index (χ0n) is 22.2. The van der Waals surface area contributed by atoms with E-state index in [4.69, 9.17) is 11.6 Å². The second-order valence-electron chi connectivity index (χ2n) is 10.7. The van der Waals surface area contributed by atoms with Gasteiger partial charge in [-0.15, -0.1) is 0 Å². The van der Waals surface area contributed by atoms with Crippen LogP contribution in [0.1, 0.15) is 63.0 Å². The van der Waals surface area contributed by atoms with E-state index in [1.807, 2.05) is 0 Å². The van der Waals surface area contributed by atoms with E-state index < -0.39 is 28.5 Å². The Labute approximate surface area is 240 Å². The number of benzene rings is 3. The van der Waals surface area contributed by atoms with Gasteiger partial charge in [-0.25, -0.2) is 9.18 Å². The first kappa shape index (κ1) is 29.3. The zero-order valence-corrected chi connectivity index (χ0v) is 23.0. The van der Waals surface area contributed by atoms with Gasteiger partial charge in [-0.05, 0) is 101 Å². The van der Waals surface area contributed by atoms with Gasteiger partial charge in [0.2, 0.25) is 0 Å². The van der Waals surface area contributed by atoms with Crippen molar-refractivity contribution in [3.8, 4) is 0 Å². The van der Waals surface area contributed by atoms with E-state index in [-0.39, 0.29) is 30.1 Å². The molecule has 3 aromatic rings. The first-order valence-corrected chi connectivity index (χ1v) is 14.0. The molecule has 0 bridgehead atoms. The predicted molar refractivity (Wildman–Crippen MR) is 149 cm³/mol. The molecule has 3 nitrogen and oxygen atoms in total. The fraction of sp³-hybridized carbons (Fsp3) is 0.344. The van der Waals surface area contributed by atoms with E-state index in [1.54, 1.807) is 24.3 Å². The summed E-state index contributed by atoms with van der Waals surface area (Å²) in [5.41, 5.74) is 2.07. The maximum absolute atomic E-state index is 15.6. The first-order chi connectivity index (χ1) is 19.6. The third-order valence-electron chi connectivity index (χ3n) is 7.91. The summed E-state index contributed by atoms with van der Waals surface area (Å²) in [5, 5.41) is 9.11. The van der Waals surface area contributed by atoms with Crippen LogP contribution in [-0.2, 0) is 19.0 Å². The molecule has 3 aromatic carbocycles. The maximum Gasteiger partial charge on any atom is 0.418 e.